The molecular formula is C18H21N3O2S. The van der Waals surface area contributed by atoms with Crippen LogP contribution in [0.1, 0.15) is 25.3 Å². The lowest BCUT2D eigenvalue weighted by molar-refractivity contribution is -0.147. The number of benzene rings is 1. The molecule has 0 atom stereocenters. The van der Waals surface area contributed by atoms with Crippen LogP contribution in [0.25, 0.3) is 0 Å². The first-order valence-electron chi connectivity index (χ1n) is 8.11. The van der Waals surface area contributed by atoms with Gasteiger partial charge in [0.1, 0.15) is 16.9 Å². The summed E-state index contributed by atoms with van der Waals surface area (Å²) < 4.78 is 5.28. The lowest BCUT2D eigenvalue weighted by Crippen LogP contribution is -2.38. The van der Waals surface area contributed by atoms with E-state index in [1.807, 2.05) is 24.4 Å². The normalized spacial score (nSPS) is 15.3. The Labute approximate surface area is 146 Å². The first-order chi connectivity index (χ1) is 11.7. The third-order valence-electron chi connectivity index (χ3n) is 3.93. The average molecular weight is 343 g/mol. The number of anilines is 1. The number of nitrogens with zero attached hydrogens (tertiary/aromatic N) is 3. The van der Waals surface area contributed by atoms with Gasteiger partial charge in [0.25, 0.3) is 0 Å². The minimum absolute atomic E-state index is 0.0300. The summed E-state index contributed by atoms with van der Waals surface area (Å²) in [5.41, 5.74) is 1.27. The zero-order valence-electron chi connectivity index (χ0n) is 13.7. The third kappa shape index (κ3) is 4.71. The summed E-state index contributed by atoms with van der Waals surface area (Å²) in [5, 5.41) is 0.929. The Hall–Kier alpha value is -2.08. The smallest absolute Gasteiger partial charge is 0.302 e. The quantitative estimate of drug-likeness (QED) is 0.613. The van der Waals surface area contributed by atoms with Crippen molar-refractivity contribution in [3.63, 3.8) is 0 Å². The van der Waals surface area contributed by atoms with Gasteiger partial charge in [-0.05, 0) is 5.56 Å². The summed E-state index contributed by atoms with van der Waals surface area (Å²) in [6, 6.07) is 10.3. The van der Waals surface area contributed by atoms with Crippen LogP contribution in [0.5, 0.6) is 0 Å². The molecule has 0 radical (unpaired) electrons. The number of carbonyl (C=O) groups excluding carboxylic acids is 1. The molecule has 2 heterocycles. The Balaban J connectivity index is 1.56. The van der Waals surface area contributed by atoms with E-state index in [2.05, 4.69) is 22.0 Å². The molecule has 0 saturated carbocycles. The fourth-order valence-electron chi connectivity index (χ4n) is 2.73. The molecule has 5 nitrogen and oxygen atoms in total. The monoisotopic (exact) mass is 343 g/mol. The highest BCUT2D eigenvalue weighted by molar-refractivity contribution is 7.98. The minimum Gasteiger partial charge on any atom is -0.462 e. The number of piperidine rings is 1. The van der Waals surface area contributed by atoms with E-state index < -0.39 is 0 Å². The molecule has 2 aromatic rings. The standard InChI is InChI=1S/C18H21N3O2S/c1-14(22)23-16-7-9-21(10-8-16)17-11-19-12-18(20-17)24-13-15-5-3-2-4-6-15/h2-6,11-12,16H,7-10,13H2,1H3. The summed E-state index contributed by atoms with van der Waals surface area (Å²) in [4.78, 5) is 22.3. The molecule has 0 amide bonds. The van der Waals surface area contributed by atoms with E-state index in [0.717, 1.165) is 42.5 Å². The van der Waals surface area contributed by atoms with Crippen molar-refractivity contribution in [2.24, 2.45) is 0 Å². The number of aromatic nitrogens is 2. The molecule has 1 aliphatic heterocycles. The van der Waals surface area contributed by atoms with Gasteiger partial charge in [0, 0.05) is 38.6 Å². The van der Waals surface area contributed by atoms with Gasteiger partial charge in [-0.1, -0.05) is 30.3 Å². The van der Waals surface area contributed by atoms with Crippen molar-refractivity contribution in [1.82, 2.24) is 9.97 Å². The summed E-state index contributed by atoms with van der Waals surface area (Å²) in [7, 11) is 0. The first kappa shape index (κ1) is 16.8. The van der Waals surface area contributed by atoms with Crippen molar-refractivity contribution < 1.29 is 9.53 Å². The van der Waals surface area contributed by atoms with Crippen molar-refractivity contribution in [3.05, 3.63) is 48.3 Å². The zero-order valence-corrected chi connectivity index (χ0v) is 14.5. The molecule has 24 heavy (non-hydrogen) atoms. The maximum absolute atomic E-state index is 11.0. The number of carbonyl (C=O) groups is 1. The minimum atomic E-state index is -0.201. The highest BCUT2D eigenvalue weighted by Gasteiger charge is 2.22. The van der Waals surface area contributed by atoms with Gasteiger partial charge in [0.2, 0.25) is 0 Å². The molecule has 1 aromatic carbocycles. The molecule has 0 N–H and O–H groups in total. The van der Waals surface area contributed by atoms with Crippen LogP contribution < -0.4 is 4.90 Å². The van der Waals surface area contributed by atoms with Gasteiger partial charge >= 0.3 is 5.97 Å². The molecule has 0 bridgehead atoms. The number of thioether (sulfide) groups is 1. The number of hydrogen-bond donors (Lipinski definition) is 0. The Morgan fingerprint density at radius 1 is 1.25 bits per heavy atom. The van der Waals surface area contributed by atoms with Crippen LogP contribution in [0.3, 0.4) is 0 Å². The Morgan fingerprint density at radius 3 is 2.71 bits per heavy atom. The van der Waals surface area contributed by atoms with Crippen LogP contribution in [0, 0.1) is 0 Å². The number of rotatable bonds is 5. The SMILES string of the molecule is CC(=O)OC1CCN(c2cncc(SCc3ccccc3)n2)CC1. The van der Waals surface area contributed by atoms with Crippen molar-refractivity contribution in [1.29, 1.82) is 0 Å². The molecule has 6 heteroatoms. The van der Waals surface area contributed by atoms with E-state index in [-0.39, 0.29) is 12.1 Å². The van der Waals surface area contributed by atoms with Crippen molar-refractivity contribution in [2.45, 2.75) is 36.6 Å². The van der Waals surface area contributed by atoms with Gasteiger partial charge in [-0.2, -0.15) is 0 Å². The van der Waals surface area contributed by atoms with Gasteiger partial charge in [-0.15, -0.1) is 11.8 Å². The van der Waals surface area contributed by atoms with E-state index >= 15 is 0 Å². The average Bonchev–Trinajstić information content (AvgIpc) is 2.61. The van der Waals surface area contributed by atoms with Crippen LogP contribution in [0.2, 0.25) is 0 Å². The first-order valence-corrected chi connectivity index (χ1v) is 9.10. The van der Waals surface area contributed by atoms with E-state index in [1.54, 1.807) is 18.0 Å². The van der Waals surface area contributed by atoms with Crippen molar-refractivity contribution in [2.75, 3.05) is 18.0 Å². The number of esters is 1. The highest BCUT2D eigenvalue weighted by Crippen LogP contribution is 2.24. The molecule has 0 spiro atoms. The summed E-state index contributed by atoms with van der Waals surface area (Å²) >= 11 is 1.69. The molecule has 1 aliphatic rings. The maximum Gasteiger partial charge on any atom is 0.302 e. The van der Waals surface area contributed by atoms with Crippen LogP contribution >= 0.6 is 11.8 Å². The van der Waals surface area contributed by atoms with Gasteiger partial charge in [-0.3, -0.25) is 9.78 Å². The van der Waals surface area contributed by atoms with Gasteiger partial charge in [0.05, 0.1) is 12.4 Å². The second kappa shape index (κ2) is 8.15. The maximum atomic E-state index is 11.0. The Kier molecular flexibility index (Phi) is 5.69. The second-order valence-corrected chi connectivity index (χ2v) is 6.78. The zero-order chi connectivity index (χ0) is 16.8. The van der Waals surface area contributed by atoms with Crippen LogP contribution in [-0.2, 0) is 15.3 Å². The van der Waals surface area contributed by atoms with Gasteiger partial charge < -0.3 is 9.64 Å². The highest BCUT2D eigenvalue weighted by atomic mass is 32.2. The molecule has 1 fully saturated rings. The van der Waals surface area contributed by atoms with Gasteiger partial charge in [-0.25, -0.2) is 4.98 Å². The van der Waals surface area contributed by atoms with Gasteiger partial charge in [0.15, 0.2) is 0 Å². The number of ether oxygens (including phenoxy) is 1. The Bertz CT molecular complexity index is 673. The fourth-order valence-corrected chi connectivity index (χ4v) is 3.53. The summed E-state index contributed by atoms with van der Waals surface area (Å²) in [6.07, 6.45) is 5.31. The van der Waals surface area contributed by atoms with E-state index in [1.165, 1.54) is 12.5 Å². The molecule has 126 valence electrons. The third-order valence-corrected chi connectivity index (χ3v) is 4.90. The second-order valence-electron chi connectivity index (χ2n) is 5.79. The van der Waals surface area contributed by atoms with Crippen molar-refractivity contribution in [3.8, 4) is 0 Å². The van der Waals surface area contributed by atoms with E-state index in [9.17, 15) is 4.79 Å². The fraction of sp³-hybridized carbons (Fsp3) is 0.389. The van der Waals surface area contributed by atoms with Crippen molar-refractivity contribution >= 4 is 23.5 Å². The molecule has 1 aromatic heterocycles. The molecule has 0 unspecified atom stereocenters. The predicted molar refractivity (Wildman–Crippen MR) is 95.0 cm³/mol. The van der Waals surface area contributed by atoms with Crippen LogP contribution in [0.4, 0.5) is 5.82 Å². The molecule has 1 saturated heterocycles. The van der Waals surface area contributed by atoms with E-state index in [4.69, 9.17) is 9.72 Å². The molecular weight excluding hydrogens is 322 g/mol. The lowest BCUT2D eigenvalue weighted by Gasteiger charge is -2.32. The largest absolute Gasteiger partial charge is 0.462 e. The van der Waals surface area contributed by atoms with E-state index in [0.29, 0.717) is 0 Å². The number of hydrogen-bond acceptors (Lipinski definition) is 6. The Morgan fingerprint density at radius 2 is 2.00 bits per heavy atom. The topological polar surface area (TPSA) is 55.3 Å². The predicted octanol–water partition coefficient (Wildman–Crippen LogP) is 3.30. The lowest BCUT2D eigenvalue weighted by atomic mass is 10.1. The van der Waals surface area contributed by atoms with Crippen LogP contribution in [0.15, 0.2) is 47.8 Å². The van der Waals surface area contributed by atoms with Crippen LogP contribution in [-0.4, -0.2) is 35.1 Å². The molecule has 3 rings (SSSR count). The summed E-state index contributed by atoms with van der Waals surface area (Å²) in [5.74, 6) is 1.58. The molecule has 0 aliphatic carbocycles. The summed E-state index contributed by atoms with van der Waals surface area (Å²) in [6.45, 7) is 3.13.